The Morgan fingerprint density at radius 3 is 2.66 bits per heavy atom. The second kappa shape index (κ2) is 7.84. The largest absolute Gasteiger partial charge is 0.496 e. The van der Waals surface area contributed by atoms with E-state index in [1.54, 1.807) is 6.07 Å². The molecule has 0 saturated heterocycles. The molecule has 0 amide bonds. The van der Waals surface area contributed by atoms with Gasteiger partial charge in [0, 0.05) is 30.2 Å². The molecule has 3 aromatic rings. The van der Waals surface area contributed by atoms with Gasteiger partial charge in [-0.1, -0.05) is 11.6 Å². The Labute approximate surface area is 171 Å². The second-order valence-corrected chi connectivity index (χ2v) is 7.38. The Balaban J connectivity index is 1.62. The van der Waals surface area contributed by atoms with Crippen LogP contribution in [0.3, 0.4) is 0 Å². The van der Waals surface area contributed by atoms with E-state index in [0.29, 0.717) is 52.7 Å². The minimum Gasteiger partial charge on any atom is -0.496 e. The first-order chi connectivity index (χ1) is 14.0. The Morgan fingerprint density at radius 2 is 2.00 bits per heavy atom. The summed E-state index contributed by atoms with van der Waals surface area (Å²) in [6, 6.07) is 4.38. The summed E-state index contributed by atoms with van der Waals surface area (Å²) < 4.78 is 25.5. The summed E-state index contributed by atoms with van der Waals surface area (Å²) in [6.45, 7) is 0.956. The molecule has 2 heterocycles. The van der Waals surface area contributed by atoms with E-state index in [-0.39, 0.29) is 5.41 Å². The Morgan fingerprint density at radius 1 is 1.21 bits per heavy atom. The quantitative estimate of drug-likeness (QED) is 0.513. The van der Waals surface area contributed by atoms with Gasteiger partial charge in [0.25, 0.3) is 0 Å². The minimum absolute atomic E-state index is 0.0230. The molecule has 10 heteroatoms. The minimum atomic E-state index is -0.451. The molecule has 0 unspecified atom stereocenters. The van der Waals surface area contributed by atoms with Crippen LogP contribution in [0.4, 0.5) is 16.0 Å². The van der Waals surface area contributed by atoms with Crippen molar-refractivity contribution < 1.29 is 13.9 Å². The molecule has 1 aliphatic rings. The zero-order valence-electron chi connectivity index (χ0n) is 15.7. The van der Waals surface area contributed by atoms with Crippen LogP contribution < -0.4 is 20.5 Å². The van der Waals surface area contributed by atoms with Gasteiger partial charge in [-0.3, -0.25) is 5.10 Å². The van der Waals surface area contributed by atoms with Gasteiger partial charge in [0.2, 0.25) is 0 Å². The van der Waals surface area contributed by atoms with Crippen molar-refractivity contribution in [1.29, 1.82) is 0 Å². The first kappa shape index (κ1) is 19.4. The summed E-state index contributed by atoms with van der Waals surface area (Å²) >= 11 is 5.75. The summed E-state index contributed by atoms with van der Waals surface area (Å²) in [5, 5.41) is 10.5. The van der Waals surface area contributed by atoms with Crippen LogP contribution in [0.15, 0.2) is 30.6 Å². The van der Waals surface area contributed by atoms with Crippen molar-refractivity contribution >= 4 is 23.2 Å². The molecule has 1 fully saturated rings. The van der Waals surface area contributed by atoms with Crippen LogP contribution >= 0.6 is 11.6 Å². The fourth-order valence-electron chi connectivity index (χ4n) is 2.94. The molecular weight excluding hydrogens is 399 g/mol. The smallest absolute Gasteiger partial charge is 0.153 e. The molecule has 8 nitrogen and oxygen atoms in total. The summed E-state index contributed by atoms with van der Waals surface area (Å²) in [6.07, 6.45) is 4.93. The van der Waals surface area contributed by atoms with Crippen molar-refractivity contribution in [2.75, 3.05) is 25.6 Å². The predicted molar refractivity (Wildman–Crippen MR) is 107 cm³/mol. The third-order valence-corrected chi connectivity index (χ3v) is 5.09. The van der Waals surface area contributed by atoms with Gasteiger partial charge in [-0.15, -0.1) is 0 Å². The average Bonchev–Trinajstić information content (AvgIpc) is 3.37. The van der Waals surface area contributed by atoms with E-state index in [9.17, 15) is 4.39 Å². The first-order valence-electron chi connectivity index (χ1n) is 9.03. The fourth-order valence-corrected chi connectivity index (χ4v) is 3.03. The van der Waals surface area contributed by atoms with Crippen LogP contribution in [0.2, 0.25) is 5.15 Å². The van der Waals surface area contributed by atoms with Crippen molar-refractivity contribution in [2.24, 2.45) is 11.1 Å². The van der Waals surface area contributed by atoms with Crippen LogP contribution in [0, 0.1) is 11.2 Å². The van der Waals surface area contributed by atoms with Gasteiger partial charge in [-0.2, -0.15) is 5.10 Å². The molecule has 0 bridgehead atoms. The number of nitrogens with two attached hydrogens (primary N) is 1. The molecule has 1 saturated carbocycles. The maximum atomic E-state index is 14.1. The summed E-state index contributed by atoms with van der Waals surface area (Å²) in [4.78, 5) is 8.08. The third kappa shape index (κ3) is 4.25. The van der Waals surface area contributed by atoms with E-state index in [1.807, 2.05) is 0 Å². The lowest BCUT2D eigenvalue weighted by Crippen LogP contribution is -2.23. The number of anilines is 2. The molecular formula is C19H20ClFN6O2. The van der Waals surface area contributed by atoms with Crippen LogP contribution in [0.5, 0.6) is 11.5 Å². The topological polar surface area (TPSA) is 111 Å². The number of ether oxygens (including phenoxy) is 2. The molecule has 0 spiro atoms. The maximum Gasteiger partial charge on any atom is 0.153 e. The number of nitrogens with one attached hydrogen (secondary N) is 2. The van der Waals surface area contributed by atoms with Crippen LogP contribution in [-0.4, -0.2) is 40.4 Å². The molecule has 1 aliphatic carbocycles. The van der Waals surface area contributed by atoms with Gasteiger partial charge >= 0.3 is 0 Å². The van der Waals surface area contributed by atoms with Gasteiger partial charge < -0.3 is 20.5 Å². The van der Waals surface area contributed by atoms with E-state index in [2.05, 4.69) is 25.5 Å². The normalized spacial score (nSPS) is 14.5. The highest BCUT2D eigenvalue weighted by Gasteiger charge is 2.42. The van der Waals surface area contributed by atoms with E-state index < -0.39 is 5.82 Å². The van der Waals surface area contributed by atoms with Gasteiger partial charge in [0.1, 0.15) is 28.3 Å². The van der Waals surface area contributed by atoms with Crippen molar-refractivity contribution in [3.8, 4) is 22.8 Å². The number of aromatic amines is 1. The average molecular weight is 419 g/mol. The van der Waals surface area contributed by atoms with Gasteiger partial charge in [-0.05, 0) is 12.8 Å². The molecule has 0 aliphatic heterocycles. The zero-order chi connectivity index (χ0) is 20.4. The lowest BCUT2D eigenvalue weighted by Gasteiger charge is -2.18. The lowest BCUT2D eigenvalue weighted by atomic mass is 10.1. The maximum absolute atomic E-state index is 14.1. The molecule has 4 rings (SSSR count). The number of hydrogen-bond acceptors (Lipinski definition) is 7. The van der Waals surface area contributed by atoms with Crippen LogP contribution in [0.25, 0.3) is 11.3 Å². The number of halogens is 2. The van der Waals surface area contributed by atoms with Gasteiger partial charge in [-0.25, -0.2) is 14.4 Å². The van der Waals surface area contributed by atoms with E-state index >= 15 is 0 Å². The van der Waals surface area contributed by atoms with Crippen molar-refractivity contribution in [3.63, 3.8) is 0 Å². The highest BCUT2D eigenvalue weighted by molar-refractivity contribution is 6.29. The summed E-state index contributed by atoms with van der Waals surface area (Å²) in [5.41, 5.74) is 6.98. The van der Waals surface area contributed by atoms with Crippen LogP contribution in [0.1, 0.15) is 12.8 Å². The molecule has 0 atom stereocenters. The highest BCUT2D eigenvalue weighted by atomic mass is 35.5. The standard InChI is InChI=1S/C19H20ClFN6O2/c1-28-13-4-11(21)5-14(29-10-19(9-22)2-3-19)18(13)12-6-16(27-26-12)25-17-8-23-15(20)7-24-17/h4-8H,2-3,9-10,22H2,1H3,(H2,24,25,26,27). The van der Waals surface area contributed by atoms with E-state index in [4.69, 9.17) is 26.8 Å². The Hall–Kier alpha value is -2.91. The van der Waals surface area contributed by atoms with E-state index in [1.165, 1.54) is 31.6 Å². The number of H-pyrrole nitrogens is 1. The number of nitrogens with zero attached hydrogens (tertiary/aromatic N) is 3. The van der Waals surface area contributed by atoms with Crippen molar-refractivity contribution in [3.05, 3.63) is 41.6 Å². The molecule has 1 aromatic carbocycles. The molecule has 152 valence electrons. The SMILES string of the molecule is COc1cc(F)cc(OCC2(CN)CC2)c1-c1cc(Nc2cnc(Cl)cn2)n[nH]1. The zero-order valence-corrected chi connectivity index (χ0v) is 16.5. The Bertz CT molecular complexity index is 1010. The number of rotatable bonds is 8. The molecule has 0 radical (unpaired) electrons. The van der Waals surface area contributed by atoms with Crippen LogP contribution in [-0.2, 0) is 0 Å². The van der Waals surface area contributed by atoms with Gasteiger partial charge in [0.05, 0.1) is 37.4 Å². The van der Waals surface area contributed by atoms with Gasteiger partial charge in [0.15, 0.2) is 5.82 Å². The third-order valence-electron chi connectivity index (χ3n) is 4.90. The number of benzene rings is 1. The van der Waals surface area contributed by atoms with Crippen molar-refractivity contribution in [1.82, 2.24) is 20.2 Å². The van der Waals surface area contributed by atoms with E-state index in [0.717, 1.165) is 12.8 Å². The van der Waals surface area contributed by atoms with Crippen molar-refractivity contribution in [2.45, 2.75) is 12.8 Å². The highest BCUT2D eigenvalue weighted by Crippen LogP contribution is 2.46. The lowest BCUT2D eigenvalue weighted by molar-refractivity contribution is 0.238. The second-order valence-electron chi connectivity index (χ2n) is 6.99. The number of hydrogen-bond donors (Lipinski definition) is 3. The Kier molecular flexibility index (Phi) is 5.25. The predicted octanol–water partition coefficient (Wildman–Crippen LogP) is 3.53. The number of aromatic nitrogens is 4. The molecule has 29 heavy (non-hydrogen) atoms. The summed E-state index contributed by atoms with van der Waals surface area (Å²) in [7, 11) is 1.48. The summed E-state index contributed by atoms with van der Waals surface area (Å²) in [5.74, 6) is 1.22. The first-order valence-corrected chi connectivity index (χ1v) is 9.40. The monoisotopic (exact) mass is 418 g/mol. The molecule has 2 aromatic heterocycles. The molecule has 4 N–H and O–H groups in total. The number of methoxy groups -OCH3 is 1. The fraction of sp³-hybridized carbons (Fsp3) is 0.316.